The smallest absolute Gasteiger partial charge is 0.283 e. The van der Waals surface area contributed by atoms with Gasteiger partial charge in [-0.05, 0) is 86.0 Å². The summed E-state index contributed by atoms with van der Waals surface area (Å²) in [6, 6.07) is 11.4. The van der Waals surface area contributed by atoms with Crippen molar-refractivity contribution in [1.82, 2.24) is 5.01 Å². The summed E-state index contributed by atoms with van der Waals surface area (Å²) >= 11 is 1.32. The Hall–Kier alpha value is -3.59. The molecule has 0 fully saturated rings. The number of hydrazone groups is 1. The van der Waals surface area contributed by atoms with E-state index in [9.17, 15) is 4.79 Å². The molecule has 1 N–H and O–H groups in total. The standard InChI is InChI=1S/C26H28N4O4S/c1-5-23-29-30-24(27)20(25(31)28-26(30)35-23)14-18-8-10-21(22(15-18)32-6-2)34-12-11-33-19-9-7-16(3)17(4)13-19/h7-10,13-15,27H,5-6,11-12H2,1-4H3/b20-14-,27-24?. The van der Waals surface area contributed by atoms with Crippen LogP contribution in [0.25, 0.3) is 6.08 Å². The van der Waals surface area contributed by atoms with Gasteiger partial charge in [0.25, 0.3) is 5.91 Å². The number of aliphatic imine (C=N–C) groups is 1. The van der Waals surface area contributed by atoms with Crippen LogP contribution in [-0.2, 0) is 4.79 Å². The van der Waals surface area contributed by atoms with Crippen LogP contribution in [0.3, 0.4) is 0 Å². The monoisotopic (exact) mass is 492 g/mol. The van der Waals surface area contributed by atoms with E-state index in [-0.39, 0.29) is 11.4 Å². The molecule has 0 bridgehead atoms. The SMILES string of the molecule is CCOc1cc(/C=C2/C(=N)N3N=C(CC)SC3=NC2=O)ccc1OCCOc1ccc(C)c(C)c1. The lowest BCUT2D eigenvalue weighted by atomic mass is 10.1. The van der Waals surface area contributed by atoms with Crippen LogP contribution in [-0.4, -0.2) is 46.8 Å². The number of amidine groups is 2. The van der Waals surface area contributed by atoms with Gasteiger partial charge in [-0.1, -0.05) is 19.1 Å². The van der Waals surface area contributed by atoms with Gasteiger partial charge in [-0.3, -0.25) is 10.2 Å². The summed E-state index contributed by atoms with van der Waals surface area (Å²) in [5.41, 5.74) is 3.28. The second-order valence-electron chi connectivity index (χ2n) is 7.95. The van der Waals surface area contributed by atoms with Crippen LogP contribution >= 0.6 is 11.8 Å². The van der Waals surface area contributed by atoms with E-state index in [1.54, 1.807) is 18.2 Å². The quantitative estimate of drug-likeness (QED) is 0.382. The number of hydrogen-bond acceptors (Lipinski definition) is 7. The third kappa shape index (κ3) is 5.57. The topological polar surface area (TPSA) is 96.6 Å². The maximum atomic E-state index is 12.6. The van der Waals surface area contributed by atoms with Crippen LogP contribution < -0.4 is 14.2 Å². The lowest BCUT2D eigenvalue weighted by Crippen LogP contribution is -2.35. The van der Waals surface area contributed by atoms with Gasteiger partial charge in [-0.2, -0.15) is 15.1 Å². The number of hydrogen-bond donors (Lipinski definition) is 1. The number of amides is 1. The highest BCUT2D eigenvalue weighted by molar-refractivity contribution is 8.26. The van der Waals surface area contributed by atoms with Crippen molar-refractivity contribution >= 4 is 39.8 Å². The molecule has 0 unspecified atom stereocenters. The van der Waals surface area contributed by atoms with Gasteiger partial charge in [0.05, 0.1) is 12.2 Å². The van der Waals surface area contributed by atoms with Crippen LogP contribution in [0.4, 0.5) is 0 Å². The summed E-state index contributed by atoms with van der Waals surface area (Å²) in [7, 11) is 0. The van der Waals surface area contributed by atoms with Gasteiger partial charge >= 0.3 is 0 Å². The summed E-state index contributed by atoms with van der Waals surface area (Å²) in [5, 5.41) is 15.5. The van der Waals surface area contributed by atoms with E-state index in [4.69, 9.17) is 19.6 Å². The molecular weight excluding hydrogens is 464 g/mol. The predicted octanol–water partition coefficient (Wildman–Crippen LogP) is 5.19. The molecule has 0 saturated heterocycles. The number of benzene rings is 2. The fourth-order valence-corrected chi connectivity index (χ4v) is 4.28. The highest BCUT2D eigenvalue weighted by Gasteiger charge is 2.35. The largest absolute Gasteiger partial charge is 0.490 e. The molecule has 0 atom stereocenters. The maximum Gasteiger partial charge on any atom is 0.283 e. The number of rotatable bonds is 9. The average Bonchev–Trinajstić information content (AvgIpc) is 3.26. The molecule has 2 heterocycles. The summed E-state index contributed by atoms with van der Waals surface area (Å²) in [6.45, 7) is 9.17. The molecule has 35 heavy (non-hydrogen) atoms. The van der Waals surface area contributed by atoms with Gasteiger partial charge in [0.15, 0.2) is 17.3 Å². The highest BCUT2D eigenvalue weighted by atomic mass is 32.2. The fraction of sp³-hybridized carbons (Fsp3) is 0.308. The van der Waals surface area contributed by atoms with Crippen molar-refractivity contribution in [2.75, 3.05) is 19.8 Å². The Kier molecular flexibility index (Phi) is 7.55. The third-order valence-electron chi connectivity index (χ3n) is 5.47. The van der Waals surface area contributed by atoms with Crippen molar-refractivity contribution in [3.63, 3.8) is 0 Å². The molecule has 2 aromatic carbocycles. The lowest BCUT2D eigenvalue weighted by molar-refractivity contribution is -0.114. The molecule has 0 radical (unpaired) electrons. The van der Waals surface area contributed by atoms with E-state index in [1.165, 1.54) is 27.9 Å². The summed E-state index contributed by atoms with van der Waals surface area (Å²) < 4.78 is 17.5. The van der Waals surface area contributed by atoms with Crippen molar-refractivity contribution in [2.24, 2.45) is 10.1 Å². The Morgan fingerprint density at radius 3 is 2.54 bits per heavy atom. The Labute approximate surface area is 209 Å². The first-order valence-corrected chi connectivity index (χ1v) is 12.3. The van der Waals surface area contributed by atoms with E-state index in [2.05, 4.69) is 23.9 Å². The summed E-state index contributed by atoms with van der Waals surface area (Å²) in [5.74, 6) is 1.49. The maximum absolute atomic E-state index is 12.6. The van der Waals surface area contributed by atoms with Gasteiger partial charge in [0.1, 0.15) is 24.0 Å². The van der Waals surface area contributed by atoms with Gasteiger partial charge in [0.2, 0.25) is 5.17 Å². The third-order valence-corrected chi connectivity index (χ3v) is 6.52. The Morgan fingerprint density at radius 2 is 1.80 bits per heavy atom. The van der Waals surface area contributed by atoms with Crippen molar-refractivity contribution in [3.05, 3.63) is 58.7 Å². The second-order valence-corrected chi connectivity index (χ2v) is 8.99. The molecule has 0 spiro atoms. The molecule has 4 rings (SSSR count). The zero-order valence-corrected chi connectivity index (χ0v) is 21.1. The van der Waals surface area contributed by atoms with E-state index in [0.29, 0.717) is 42.1 Å². The number of carbonyl (C=O) groups excluding carboxylic acids is 1. The lowest BCUT2D eigenvalue weighted by Gasteiger charge is -2.20. The number of nitrogens with zero attached hydrogens (tertiary/aromatic N) is 3. The minimum atomic E-state index is -0.455. The fourth-order valence-electron chi connectivity index (χ4n) is 3.46. The molecular formula is C26H28N4O4S. The van der Waals surface area contributed by atoms with Crippen molar-refractivity contribution in [1.29, 1.82) is 5.41 Å². The van der Waals surface area contributed by atoms with Crippen LogP contribution in [0, 0.1) is 19.3 Å². The first-order valence-electron chi connectivity index (χ1n) is 11.5. The van der Waals surface area contributed by atoms with Crippen LogP contribution in [0.5, 0.6) is 17.2 Å². The van der Waals surface area contributed by atoms with E-state index < -0.39 is 5.91 Å². The predicted molar refractivity (Wildman–Crippen MR) is 140 cm³/mol. The Balaban J connectivity index is 1.45. The highest BCUT2D eigenvalue weighted by Crippen LogP contribution is 2.32. The number of fused-ring (bicyclic) bond motifs is 1. The van der Waals surface area contributed by atoms with Gasteiger partial charge in [-0.25, -0.2) is 0 Å². The molecule has 0 aromatic heterocycles. The molecule has 0 aliphatic carbocycles. The molecule has 0 saturated carbocycles. The average molecular weight is 493 g/mol. The van der Waals surface area contributed by atoms with Crippen molar-refractivity contribution < 1.29 is 19.0 Å². The zero-order valence-electron chi connectivity index (χ0n) is 20.3. The van der Waals surface area contributed by atoms with Crippen LogP contribution in [0.1, 0.15) is 37.0 Å². The second kappa shape index (κ2) is 10.8. The van der Waals surface area contributed by atoms with Crippen LogP contribution in [0.2, 0.25) is 0 Å². The molecule has 182 valence electrons. The molecule has 1 amide bonds. The van der Waals surface area contributed by atoms with E-state index in [1.807, 2.05) is 38.1 Å². The van der Waals surface area contributed by atoms with Gasteiger partial charge < -0.3 is 14.2 Å². The Morgan fingerprint density at radius 1 is 1.00 bits per heavy atom. The zero-order chi connectivity index (χ0) is 24.9. The van der Waals surface area contributed by atoms with Gasteiger partial charge in [0, 0.05) is 0 Å². The summed E-state index contributed by atoms with van der Waals surface area (Å²) in [4.78, 5) is 16.7. The van der Waals surface area contributed by atoms with Crippen LogP contribution in [0.15, 0.2) is 52.1 Å². The minimum absolute atomic E-state index is 0.0118. The number of ether oxygens (including phenoxy) is 3. The number of aryl methyl sites for hydroxylation is 2. The molecule has 2 aliphatic rings. The molecule has 8 nitrogen and oxygen atoms in total. The summed E-state index contributed by atoms with van der Waals surface area (Å²) in [6.07, 6.45) is 2.35. The first kappa shape index (κ1) is 24.5. The number of nitrogens with one attached hydrogen (secondary N) is 1. The molecule has 9 heteroatoms. The number of carbonyl (C=O) groups is 1. The first-order chi connectivity index (χ1) is 16.9. The van der Waals surface area contributed by atoms with Crippen molar-refractivity contribution in [2.45, 2.75) is 34.1 Å². The minimum Gasteiger partial charge on any atom is -0.490 e. The van der Waals surface area contributed by atoms with Crippen molar-refractivity contribution in [3.8, 4) is 17.2 Å². The molecule has 2 aliphatic heterocycles. The number of thioether (sulfide) groups is 1. The van der Waals surface area contributed by atoms with Gasteiger partial charge in [-0.15, -0.1) is 0 Å². The van der Waals surface area contributed by atoms with E-state index >= 15 is 0 Å². The molecule has 2 aromatic rings. The normalized spacial score (nSPS) is 16.2. The Bertz CT molecular complexity index is 1250. The van der Waals surface area contributed by atoms with E-state index in [0.717, 1.165) is 17.2 Å².